The van der Waals surface area contributed by atoms with Crippen molar-refractivity contribution in [3.05, 3.63) is 17.5 Å². The smallest absolute Gasteiger partial charge is 0.191 e. The molecule has 25 heavy (non-hydrogen) atoms. The fourth-order valence-electron chi connectivity index (χ4n) is 2.38. The summed E-state index contributed by atoms with van der Waals surface area (Å²) >= 11 is 0. The van der Waals surface area contributed by atoms with E-state index in [9.17, 15) is 0 Å². The maximum atomic E-state index is 5.33. The molecule has 0 amide bonds. The Morgan fingerprint density at radius 2 is 1.92 bits per heavy atom. The molecule has 146 valence electrons. The van der Waals surface area contributed by atoms with Crippen molar-refractivity contribution in [1.29, 1.82) is 0 Å². The second kappa shape index (κ2) is 14.4. The molecule has 1 aromatic rings. The maximum absolute atomic E-state index is 5.33. The van der Waals surface area contributed by atoms with Crippen LogP contribution in [0.2, 0.25) is 0 Å². The summed E-state index contributed by atoms with van der Waals surface area (Å²) in [5.41, 5.74) is 0.981. The highest BCUT2D eigenvalue weighted by molar-refractivity contribution is 14.0. The van der Waals surface area contributed by atoms with Crippen LogP contribution in [-0.4, -0.2) is 48.7 Å². The van der Waals surface area contributed by atoms with Crippen LogP contribution in [0.25, 0.3) is 0 Å². The van der Waals surface area contributed by atoms with Crippen LogP contribution in [0.1, 0.15) is 64.8 Å². The van der Waals surface area contributed by atoms with Gasteiger partial charge in [-0.2, -0.15) is 0 Å². The number of aromatic nitrogens is 1. The molecular weight excluding hydrogens is 429 g/mol. The second-order valence-corrected chi connectivity index (χ2v) is 6.23. The van der Waals surface area contributed by atoms with Gasteiger partial charge in [0, 0.05) is 19.2 Å². The Kier molecular flexibility index (Phi) is 13.9. The first-order valence-electron chi connectivity index (χ1n) is 9.30. The molecule has 7 heteroatoms. The predicted octanol–water partition coefficient (Wildman–Crippen LogP) is 3.59. The maximum Gasteiger partial charge on any atom is 0.191 e. The van der Waals surface area contributed by atoms with Crippen molar-refractivity contribution in [2.24, 2.45) is 4.99 Å². The monoisotopic (exact) mass is 465 g/mol. The van der Waals surface area contributed by atoms with E-state index in [2.05, 4.69) is 60.3 Å². The number of unbranched alkanes of at least 4 members (excludes halogenated alkanes) is 1. The molecule has 1 heterocycles. The molecule has 1 aromatic heterocycles. The number of nitrogens with one attached hydrogen (secondary N) is 2. The Balaban J connectivity index is 0.00000576. The average molecular weight is 465 g/mol. The zero-order valence-corrected chi connectivity index (χ0v) is 18.8. The van der Waals surface area contributed by atoms with E-state index in [0.29, 0.717) is 12.5 Å². The molecule has 0 bridgehead atoms. The number of hydrogen-bond donors (Lipinski definition) is 2. The third kappa shape index (κ3) is 10.0. The molecule has 6 nitrogen and oxygen atoms in total. The zero-order chi connectivity index (χ0) is 17.8. The lowest BCUT2D eigenvalue weighted by Crippen LogP contribution is -2.38. The largest absolute Gasteiger partial charge is 0.359 e. The first kappa shape index (κ1) is 24.2. The zero-order valence-electron chi connectivity index (χ0n) is 16.5. The summed E-state index contributed by atoms with van der Waals surface area (Å²) in [6, 6.07) is 1.99. The van der Waals surface area contributed by atoms with Gasteiger partial charge in [0.25, 0.3) is 0 Å². The minimum Gasteiger partial charge on any atom is -0.359 e. The van der Waals surface area contributed by atoms with Crippen LogP contribution in [0.4, 0.5) is 0 Å². The van der Waals surface area contributed by atoms with Crippen molar-refractivity contribution < 1.29 is 4.52 Å². The Morgan fingerprint density at radius 1 is 1.20 bits per heavy atom. The molecule has 0 spiro atoms. The molecule has 0 aliphatic heterocycles. The third-order valence-corrected chi connectivity index (χ3v) is 3.99. The Hall–Kier alpha value is -0.830. The lowest BCUT2D eigenvalue weighted by Gasteiger charge is -2.17. The summed E-state index contributed by atoms with van der Waals surface area (Å²) < 4.78 is 5.33. The first-order chi connectivity index (χ1) is 11.6. The lowest BCUT2D eigenvalue weighted by atomic mass is 10.1. The molecule has 2 N–H and O–H groups in total. The quantitative estimate of drug-likeness (QED) is 0.226. The summed E-state index contributed by atoms with van der Waals surface area (Å²) in [4.78, 5) is 7.03. The van der Waals surface area contributed by atoms with Crippen LogP contribution in [0, 0.1) is 0 Å². The Morgan fingerprint density at radius 3 is 2.48 bits per heavy atom. The van der Waals surface area contributed by atoms with Gasteiger partial charge in [0.05, 0.1) is 5.69 Å². The summed E-state index contributed by atoms with van der Waals surface area (Å²) in [6.45, 7) is 16.4. The van der Waals surface area contributed by atoms with Crippen LogP contribution < -0.4 is 10.6 Å². The van der Waals surface area contributed by atoms with Crippen molar-refractivity contribution in [2.45, 2.75) is 59.9 Å². The van der Waals surface area contributed by atoms with E-state index in [1.54, 1.807) is 0 Å². The molecule has 0 aromatic carbocycles. The van der Waals surface area contributed by atoms with E-state index in [-0.39, 0.29) is 24.0 Å². The number of aliphatic imine (C=N–C) groups is 1. The van der Waals surface area contributed by atoms with Gasteiger partial charge in [-0.05, 0) is 45.3 Å². The number of halogens is 1. The highest BCUT2D eigenvalue weighted by Gasteiger charge is 2.07. The molecule has 0 saturated heterocycles. The normalized spacial score (nSPS) is 11.7. The van der Waals surface area contributed by atoms with Gasteiger partial charge in [0.1, 0.15) is 6.54 Å². The van der Waals surface area contributed by atoms with Crippen LogP contribution in [0.3, 0.4) is 0 Å². The van der Waals surface area contributed by atoms with Gasteiger partial charge in [-0.3, -0.25) is 0 Å². The van der Waals surface area contributed by atoms with E-state index in [1.165, 1.54) is 13.0 Å². The summed E-state index contributed by atoms with van der Waals surface area (Å²) in [5, 5.41) is 10.7. The molecule has 0 radical (unpaired) electrons. The fraction of sp³-hybridized carbons (Fsp3) is 0.778. The van der Waals surface area contributed by atoms with Crippen molar-refractivity contribution in [2.75, 3.05) is 32.7 Å². The Labute approximate surface area is 170 Å². The SMILES string of the molecule is CCNC(=NCc1cc(C(C)C)no1)NCCCCN(CC)CC.I. The topological polar surface area (TPSA) is 65.7 Å². The van der Waals surface area contributed by atoms with Gasteiger partial charge in [0.15, 0.2) is 11.7 Å². The number of rotatable bonds is 11. The minimum atomic E-state index is 0. The van der Waals surface area contributed by atoms with Gasteiger partial charge in [-0.25, -0.2) is 4.99 Å². The third-order valence-electron chi connectivity index (χ3n) is 3.99. The van der Waals surface area contributed by atoms with E-state index in [1.807, 2.05) is 6.07 Å². The highest BCUT2D eigenvalue weighted by Crippen LogP contribution is 2.14. The van der Waals surface area contributed by atoms with Crippen molar-refractivity contribution in [3.8, 4) is 0 Å². The Bertz CT molecular complexity index is 472. The minimum absolute atomic E-state index is 0. The summed E-state index contributed by atoms with van der Waals surface area (Å²) in [6.07, 6.45) is 2.34. The fourth-order valence-corrected chi connectivity index (χ4v) is 2.38. The van der Waals surface area contributed by atoms with E-state index >= 15 is 0 Å². The van der Waals surface area contributed by atoms with Gasteiger partial charge in [-0.1, -0.05) is 32.9 Å². The molecular formula is C18H36IN5O. The van der Waals surface area contributed by atoms with Gasteiger partial charge < -0.3 is 20.1 Å². The molecule has 0 unspecified atom stereocenters. The van der Waals surface area contributed by atoms with Gasteiger partial charge in [-0.15, -0.1) is 24.0 Å². The van der Waals surface area contributed by atoms with Crippen LogP contribution in [-0.2, 0) is 6.54 Å². The van der Waals surface area contributed by atoms with Crippen molar-refractivity contribution >= 4 is 29.9 Å². The van der Waals surface area contributed by atoms with Crippen molar-refractivity contribution in [3.63, 3.8) is 0 Å². The van der Waals surface area contributed by atoms with E-state index < -0.39 is 0 Å². The van der Waals surface area contributed by atoms with Gasteiger partial charge in [0.2, 0.25) is 0 Å². The van der Waals surface area contributed by atoms with Gasteiger partial charge >= 0.3 is 0 Å². The molecule has 0 aliphatic carbocycles. The highest BCUT2D eigenvalue weighted by atomic mass is 127. The van der Waals surface area contributed by atoms with Crippen LogP contribution in [0.15, 0.2) is 15.6 Å². The summed E-state index contributed by atoms with van der Waals surface area (Å²) in [7, 11) is 0. The predicted molar refractivity (Wildman–Crippen MR) is 116 cm³/mol. The van der Waals surface area contributed by atoms with E-state index in [4.69, 9.17) is 4.52 Å². The van der Waals surface area contributed by atoms with Crippen LogP contribution in [0.5, 0.6) is 0 Å². The lowest BCUT2D eigenvalue weighted by molar-refractivity contribution is 0.297. The average Bonchev–Trinajstić information content (AvgIpc) is 3.05. The molecule has 0 saturated carbocycles. The second-order valence-electron chi connectivity index (χ2n) is 6.23. The number of hydrogen-bond acceptors (Lipinski definition) is 4. The number of guanidine groups is 1. The standard InChI is InChI=1S/C18H35N5O.HI/c1-6-19-18(20-11-9-10-12-23(7-2)8-3)21-14-16-13-17(15(4)5)22-24-16;/h13,15H,6-12,14H2,1-5H3,(H2,19,20,21);1H. The van der Waals surface area contributed by atoms with Crippen molar-refractivity contribution in [1.82, 2.24) is 20.7 Å². The first-order valence-corrected chi connectivity index (χ1v) is 9.30. The molecule has 1 rings (SSSR count). The molecule has 0 fully saturated rings. The summed E-state index contributed by atoms with van der Waals surface area (Å²) in [5.74, 6) is 2.02. The molecule has 0 aliphatic rings. The van der Waals surface area contributed by atoms with E-state index in [0.717, 1.165) is 50.0 Å². The molecule has 0 atom stereocenters. The number of nitrogens with zero attached hydrogens (tertiary/aromatic N) is 3. The van der Waals surface area contributed by atoms with Crippen LogP contribution >= 0.6 is 24.0 Å².